The van der Waals surface area contributed by atoms with Crippen molar-refractivity contribution in [3.05, 3.63) is 39.8 Å². The van der Waals surface area contributed by atoms with Gasteiger partial charge in [-0.05, 0) is 38.0 Å². The van der Waals surface area contributed by atoms with Crippen LogP contribution in [0.1, 0.15) is 17.7 Å². The van der Waals surface area contributed by atoms with Crippen molar-refractivity contribution in [2.75, 3.05) is 17.7 Å². The predicted molar refractivity (Wildman–Crippen MR) is 116 cm³/mol. The maximum Gasteiger partial charge on any atom is 0.234 e. The average molecular weight is 450 g/mol. The fourth-order valence-electron chi connectivity index (χ4n) is 3.12. The molecular formula is C19H20ClN5O2S2. The number of aromatic nitrogens is 4. The van der Waals surface area contributed by atoms with E-state index >= 15 is 0 Å². The zero-order chi connectivity index (χ0) is 20.2. The number of hydrogen-bond donors (Lipinski definition) is 1. The molecular weight excluding hydrogens is 430 g/mol. The second-order valence-electron chi connectivity index (χ2n) is 6.68. The van der Waals surface area contributed by atoms with Gasteiger partial charge in [-0.1, -0.05) is 23.4 Å². The monoisotopic (exact) mass is 449 g/mol. The van der Waals surface area contributed by atoms with Gasteiger partial charge in [-0.3, -0.25) is 9.36 Å². The largest absolute Gasteiger partial charge is 0.376 e. The maximum atomic E-state index is 12.4. The summed E-state index contributed by atoms with van der Waals surface area (Å²) in [5.41, 5.74) is 1.53. The predicted octanol–water partition coefficient (Wildman–Crippen LogP) is 4.27. The number of thioether (sulfide) groups is 1. The van der Waals surface area contributed by atoms with Crippen LogP contribution in [0.25, 0.3) is 11.4 Å². The highest BCUT2D eigenvalue weighted by atomic mass is 35.5. The fraction of sp³-hybridized carbons (Fsp3) is 0.368. The number of thiophene rings is 1. The molecule has 0 bridgehead atoms. The molecule has 10 heteroatoms. The second-order valence-corrected chi connectivity index (χ2v) is 9.09. The minimum Gasteiger partial charge on any atom is -0.376 e. The van der Waals surface area contributed by atoms with Gasteiger partial charge < -0.3 is 10.1 Å². The number of anilines is 1. The quantitative estimate of drug-likeness (QED) is 0.428. The molecule has 0 saturated carbocycles. The SMILES string of the molecule is Cc1cc(-c2nnc(SCC(=O)Nc3cccnc3Cl)n2CC2CCCO2)cs1. The van der Waals surface area contributed by atoms with E-state index in [1.54, 1.807) is 29.7 Å². The lowest BCUT2D eigenvalue weighted by atomic mass is 10.2. The van der Waals surface area contributed by atoms with Crippen molar-refractivity contribution >= 4 is 46.3 Å². The van der Waals surface area contributed by atoms with Gasteiger partial charge in [0, 0.05) is 28.6 Å². The van der Waals surface area contributed by atoms with Gasteiger partial charge in [0.25, 0.3) is 0 Å². The fourth-order valence-corrected chi connectivity index (χ4v) is 4.72. The van der Waals surface area contributed by atoms with Gasteiger partial charge in [0.15, 0.2) is 16.1 Å². The first-order chi connectivity index (χ1) is 14.1. The molecule has 0 radical (unpaired) electrons. The Morgan fingerprint density at radius 3 is 3.10 bits per heavy atom. The number of ether oxygens (including phenoxy) is 1. The topological polar surface area (TPSA) is 81.9 Å². The maximum absolute atomic E-state index is 12.4. The average Bonchev–Trinajstić information content (AvgIpc) is 3.44. The van der Waals surface area contributed by atoms with Crippen molar-refractivity contribution < 1.29 is 9.53 Å². The van der Waals surface area contributed by atoms with Gasteiger partial charge in [0.1, 0.15) is 0 Å². The Kier molecular flexibility index (Phi) is 6.49. The molecule has 1 amide bonds. The molecule has 1 unspecified atom stereocenters. The van der Waals surface area contributed by atoms with E-state index in [0.29, 0.717) is 17.4 Å². The third kappa shape index (κ3) is 4.98. The van der Waals surface area contributed by atoms with E-state index in [9.17, 15) is 4.79 Å². The molecule has 152 valence electrons. The standard InChI is InChI=1S/C19H20ClN5O2S2/c1-12-8-13(10-28-12)18-23-24-19(25(18)9-14-4-3-7-27-14)29-11-16(26)22-15-5-2-6-21-17(15)20/h2,5-6,8,10,14H,3-4,7,9,11H2,1H3,(H,22,26). The number of pyridine rings is 1. The van der Waals surface area contributed by atoms with E-state index in [0.717, 1.165) is 30.8 Å². The molecule has 4 rings (SSSR count). The third-order valence-electron chi connectivity index (χ3n) is 4.48. The molecule has 3 aromatic rings. The summed E-state index contributed by atoms with van der Waals surface area (Å²) in [4.78, 5) is 17.6. The Morgan fingerprint density at radius 1 is 1.48 bits per heavy atom. The van der Waals surface area contributed by atoms with Crippen LogP contribution in [0.2, 0.25) is 5.15 Å². The summed E-state index contributed by atoms with van der Waals surface area (Å²) in [6.45, 7) is 3.53. The zero-order valence-electron chi connectivity index (χ0n) is 15.8. The van der Waals surface area contributed by atoms with Gasteiger partial charge >= 0.3 is 0 Å². The van der Waals surface area contributed by atoms with Crippen LogP contribution >= 0.6 is 34.7 Å². The Morgan fingerprint density at radius 2 is 2.38 bits per heavy atom. The number of rotatable bonds is 7. The Labute approximate surface area is 181 Å². The summed E-state index contributed by atoms with van der Waals surface area (Å²) in [5, 5.41) is 14.6. The highest BCUT2D eigenvalue weighted by Gasteiger charge is 2.22. The number of amides is 1. The van der Waals surface area contributed by atoms with Crippen LogP contribution in [0.4, 0.5) is 5.69 Å². The summed E-state index contributed by atoms with van der Waals surface area (Å²) in [6.07, 6.45) is 3.81. The number of carbonyl (C=O) groups excluding carboxylic acids is 1. The summed E-state index contributed by atoms with van der Waals surface area (Å²) >= 11 is 9.03. The molecule has 1 saturated heterocycles. The van der Waals surface area contributed by atoms with E-state index in [4.69, 9.17) is 16.3 Å². The molecule has 0 spiro atoms. The summed E-state index contributed by atoms with van der Waals surface area (Å²) in [6, 6.07) is 5.54. The van der Waals surface area contributed by atoms with Crippen LogP contribution in [0.5, 0.6) is 0 Å². The second kappa shape index (κ2) is 9.25. The van der Waals surface area contributed by atoms with Crippen LogP contribution in [-0.4, -0.2) is 44.1 Å². The number of halogens is 1. The van der Waals surface area contributed by atoms with Crippen molar-refractivity contribution in [1.29, 1.82) is 0 Å². The first-order valence-corrected chi connectivity index (χ1v) is 11.5. The van der Waals surface area contributed by atoms with Gasteiger partial charge in [0.05, 0.1) is 24.1 Å². The number of carbonyl (C=O) groups is 1. The van der Waals surface area contributed by atoms with Gasteiger partial charge in [-0.2, -0.15) is 0 Å². The first kappa shape index (κ1) is 20.3. The van der Waals surface area contributed by atoms with Crippen molar-refractivity contribution in [2.45, 2.75) is 37.6 Å². The van der Waals surface area contributed by atoms with E-state index in [2.05, 4.69) is 43.4 Å². The smallest absolute Gasteiger partial charge is 0.234 e. The van der Waals surface area contributed by atoms with Crippen molar-refractivity contribution in [3.8, 4) is 11.4 Å². The van der Waals surface area contributed by atoms with Crippen LogP contribution in [-0.2, 0) is 16.1 Å². The summed E-state index contributed by atoms with van der Waals surface area (Å²) in [7, 11) is 0. The summed E-state index contributed by atoms with van der Waals surface area (Å²) < 4.78 is 7.87. The van der Waals surface area contributed by atoms with Crippen LogP contribution < -0.4 is 5.32 Å². The van der Waals surface area contributed by atoms with Crippen molar-refractivity contribution in [3.63, 3.8) is 0 Å². The molecule has 1 atom stereocenters. The van der Waals surface area contributed by atoms with Gasteiger partial charge in [-0.25, -0.2) is 4.98 Å². The Bertz CT molecular complexity index is 1000. The highest BCUT2D eigenvalue weighted by molar-refractivity contribution is 7.99. The number of hydrogen-bond acceptors (Lipinski definition) is 7. The lowest BCUT2D eigenvalue weighted by Gasteiger charge is -2.14. The highest BCUT2D eigenvalue weighted by Crippen LogP contribution is 2.29. The first-order valence-electron chi connectivity index (χ1n) is 9.23. The zero-order valence-corrected chi connectivity index (χ0v) is 18.2. The summed E-state index contributed by atoms with van der Waals surface area (Å²) in [5.74, 6) is 0.824. The van der Waals surface area contributed by atoms with E-state index < -0.39 is 0 Å². The molecule has 1 N–H and O–H groups in total. The molecule has 1 aliphatic rings. The Hall–Kier alpha value is -1.94. The molecule has 1 aliphatic heterocycles. The van der Waals surface area contributed by atoms with Crippen LogP contribution in [0.15, 0.2) is 34.9 Å². The van der Waals surface area contributed by atoms with Gasteiger partial charge in [-0.15, -0.1) is 21.5 Å². The molecule has 1 fully saturated rings. The van der Waals surface area contributed by atoms with E-state index in [1.165, 1.54) is 16.6 Å². The third-order valence-corrected chi connectivity index (χ3v) is 6.61. The Balaban J connectivity index is 1.49. The lowest BCUT2D eigenvalue weighted by molar-refractivity contribution is -0.113. The van der Waals surface area contributed by atoms with Gasteiger partial charge in [0.2, 0.25) is 5.91 Å². The van der Waals surface area contributed by atoms with Crippen molar-refractivity contribution in [1.82, 2.24) is 19.7 Å². The van der Waals surface area contributed by atoms with Crippen LogP contribution in [0.3, 0.4) is 0 Å². The number of nitrogens with zero attached hydrogens (tertiary/aromatic N) is 4. The molecule has 7 nitrogen and oxygen atoms in total. The van der Waals surface area contributed by atoms with E-state index in [-0.39, 0.29) is 22.9 Å². The van der Waals surface area contributed by atoms with Crippen LogP contribution in [0, 0.1) is 6.92 Å². The number of nitrogens with one attached hydrogen (secondary N) is 1. The molecule has 0 aromatic carbocycles. The van der Waals surface area contributed by atoms with E-state index in [1.807, 2.05) is 0 Å². The lowest BCUT2D eigenvalue weighted by Crippen LogP contribution is -2.18. The van der Waals surface area contributed by atoms with Crippen molar-refractivity contribution in [2.24, 2.45) is 0 Å². The number of aryl methyl sites for hydroxylation is 1. The normalized spacial score (nSPS) is 16.3. The molecule has 4 heterocycles. The molecule has 0 aliphatic carbocycles. The minimum absolute atomic E-state index is 0.145. The minimum atomic E-state index is -0.176. The molecule has 29 heavy (non-hydrogen) atoms. The molecule has 3 aromatic heterocycles.